The number of pyridine rings is 1. The van der Waals surface area contributed by atoms with E-state index in [1.54, 1.807) is 12.1 Å². The van der Waals surface area contributed by atoms with Gasteiger partial charge in [-0.3, -0.25) is 19.2 Å². The largest absolute Gasteiger partial charge is 0.442 e. The Morgan fingerprint density at radius 1 is 1.37 bits per heavy atom. The lowest BCUT2D eigenvalue weighted by molar-refractivity contribution is -0.119. The number of aromatic nitrogens is 1. The maximum atomic E-state index is 14.4. The van der Waals surface area contributed by atoms with Crippen LogP contribution < -0.4 is 10.2 Å². The van der Waals surface area contributed by atoms with Gasteiger partial charge in [0.2, 0.25) is 5.91 Å². The zero-order valence-electron chi connectivity index (χ0n) is 16.0. The van der Waals surface area contributed by atoms with Crippen molar-refractivity contribution in [3.8, 4) is 11.1 Å². The number of nitrogens with zero attached hydrogens (tertiary/aromatic N) is 2. The minimum absolute atomic E-state index is 0.0537. The van der Waals surface area contributed by atoms with Gasteiger partial charge in [-0.25, -0.2) is 13.6 Å². The molecule has 2 aromatic rings. The van der Waals surface area contributed by atoms with Gasteiger partial charge in [0, 0.05) is 24.9 Å². The fraction of sp³-hybridized carbons (Fsp3) is 0.278. The second-order valence-electron chi connectivity index (χ2n) is 6.31. The van der Waals surface area contributed by atoms with Gasteiger partial charge in [0.1, 0.15) is 17.7 Å². The molecule has 30 heavy (non-hydrogen) atoms. The first-order valence-electron chi connectivity index (χ1n) is 8.50. The monoisotopic (exact) mass is 443 g/mol. The number of carbonyl (C=O) groups is 2. The van der Waals surface area contributed by atoms with Crippen molar-refractivity contribution in [2.75, 3.05) is 24.2 Å². The molecular weight excluding hydrogens is 424 g/mol. The van der Waals surface area contributed by atoms with Crippen LogP contribution in [0.3, 0.4) is 0 Å². The predicted octanol–water partition coefficient (Wildman–Crippen LogP) is 1.99. The van der Waals surface area contributed by atoms with Crippen LogP contribution >= 0.6 is 0 Å². The third-order valence-electron chi connectivity index (χ3n) is 3.74. The number of halogens is 2. The van der Waals surface area contributed by atoms with E-state index < -0.39 is 33.9 Å². The fourth-order valence-corrected chi connectivity index (χ4v) is 2.60. The Morgan fingerprint density at radius 3 is 2.47 bits per heavy atom. The van der Waals surface area contributed by atoms with Gasteiger partial charge < -0.3 is 10.1 Å². The molecule has 2 amide bonds. The second kappa shape index (κ2) is 9.59. The van der Waals surface area contributed by atoms with E-state index in [2.05, 4.69) is 10.3 Å². The Hall–Kier alpha value is -3.12. The quantitative estimate of drug-likeness (QED) is 0.692. The number of rotatable bonds is 4. The number of ether oxygens (including phenoxy) is 1. The average Bonchev–Trinajstić information content (AvgIpc) is 3.00. The van der Waals surface area contributed by atoms with Crippen LogP contribution in [-0.4, -0.2) is 55.4 Å². The lowest BCUT2D eigenvalue weighted by Crippen LogP contribution is -2.33. The molecule has 0 bridgehead atoms. The van der Waals surface area contributed by atoms with E-state index in [9.17, 15) is 26.8 Å². The van der Waals surface area contributed by atoms with Gasteiger partial charge in [-0.1, -0.05) is 6.07 Å². The Kier molecular flexibility index (Phi) is 7.40. The lowest BCUT2D eigenvalue weighted by atomic mass is 10.1. The second-order valence-corrected chi connectivity index (χ2v) is 7.78. The van der Waals surface area contributed by atoms with Gasteiger partial charge in [0.15, 0.2) is 0 Å². The maximum absolute atomic E-state index is 14.4. The molecule has 3 rings (SSSR count). The lowest BCUT2D eigenvalue weighted by Gasteiger charge is -2.15. The van der Waals surface area contributed by atoms with E-state index >= 15 is 0 Å². The Labute approximate surface area is 171 Å². The normalized spacial score (nSPS) is 15.8. The minimum Gasteiger partial charge on any atom is -0.442 e. The molecule has 9 nitrogen and oxygen atoms in total. The molecule has 1 atom stereocenters. The molecule has 1 saturated heterocycles. The first-order valence-corrected chi connectivity index (χ1v) is 10.3. The third-order valence-corrected chi connectivity index (χ3v) is 3.74. The Balaban J connectivity index is 0.000000575. The number of anilines is 1. The Morgan fingerprint density at radius 2 is 1.97 bits per heavy atom. The van der Waals surface area contributed by atoms with Crippen molar-refractivity contribution in [2.24, 2.45) is 0 Å². The third kappa shape index (κ3) is 6.74. The molecule has 2 heterocycles. The van der Waals surface area contributed by atoms with E-state index in [-0.39, 0.29) is 30.2 Å². The zero-order valence-corrected chi connectivity index (χ0v) is 16.8. The number of cyclic esters (lactones) is 1. The summed E-state index contributed by atoms with van der Waals surface area (Å²) in [6.07, 6.45) is 2.27. The van der Waals surface area contributed by atoms with Gasteiger partial charge in [0.25, 0.3) is 10.1 Å². The summed E-state index contributed by atoms with van der Waals surface area (Å²) in [5.41, 5.74) is 0.147. The summed E-state index contributed by atoms with van der Waals surface area (Å²) >= 11 is 0. The van der Waals surface area contributed by atoms with Crippen LogP contribution in [0.25, 0.3) is 11.1 Å². The molecule has 162 valence electrons. The number of carbonyl (C=O) groups excluding carboxylic acids is 2. The number of benzene rings is 1. The first-order chi connectivity index (χ1) is 14.0. The first kappa shape index (κ1) is 23.2. The van der Waals surface area contributed by atoms with Crippen molar-refractivity contribution < 1.29 is 36.1 Å². The highest BCUT2D eigenvalue weighted by Crippen LogP contribution is 2.31. The van der Waals surface area contributed by atoms with E-state index in [0.29, 0.717) is 11.8 Å². The predicted molar refractivity (Wildman–Crippen MR) is 103 cm³/mol. The van der Waals surface area contributed by atoms with Crippen molar-refractivity contribution >= 4 is 27.8 Å². The summed E-state index contributed by atoms with van der Waals surface area (Å²) in [5, 5.41) is 2.54. The van der Waals surface area contributed by atoms with E-state index in [1.165, 1.54) is 19.3 Å². The highest BCUT2D eigenvalue weighted by molar-refractivity contribution is 7.85. The van der Waals surface area contributed by atoms with Gasteiger partial charge in [-0.2, -0.15) is 8.42 Å². The maximum Gasteiger partial charge on any atom is 0.414 e. The standard InChI is InChI=1S/C17H15F2N3O3.CH4O3S/c1-10(23)21-8-13-9-22(17(24)25-13)12-5-14(18)16(15(19)6-12)11-3-2-4-20-7-11;1-5(2,3)4/h2-7,13H,8-9H2,1H3,(H,21,23);1H3,(H,2,3,4). The topological polar surface area (TPSA) is 126 Å². The summed E-state index contributed by atoms with van der Waals surface area (Å²) in [6, 6.07) is 5.27. The highest BCUT2D eigenvalue weighted by Gasteiger charge is 2.33. The molecule has 1 fully saturated rings. The van der Waals surface area contributed by atoms with Crippen molar-refractivity contribution in [3.05, 3.63) is 48.3 Å². The molecule has 0 aliphatic carbocycles. The minimum atomic E-state index is -3.67. The van der Waals surface area contributed by atoms with Gasteiger partial charge in [-0.15, -0.1) is 0 Å². The average molecular weight is 443 g/mol. The van der Waals surface area contributed by atoms with Gasteiger partial charge >= 0.3 is 6.09 Å². The SMILES string of the molecule is CC(=O)NCC1CN(c2cc(F)c(-c3cccnc3)c(F)c2)C(=O)O1.CS(=O)(=O)O. The van der Waals surface area contributed by atoms with Crippen LogP contribution in [0.2, 0.25) is 0 Å². The summed E-state index contributed by atoms with van der Waals surface area (Å²) in [5.74, 6) is -1.87. The molecule has 1 aromatic heterocycles. The molecule has 12 heteroatoms. The van der Waals surface area contributed by atoms with Gasteiger partial charge in [-0.05, 0) is 18.2 Å². The zero-order chi connectivity index (χ0) is 22.5. The van der Waals surface area contributed by atoms with Crippen LogP contribution in [0.15, 0.2) is 36.7 Å². The smallest absolute Gasteiger partial charge is 0.414 e. The van der Waals surface area contributed by atoms with Crippen LogP contribution in [0.1, 0.15) is 6.92 Å². The highest BCUT2D eigenvalue weighted by atomic mass is 32.2. The molecule has 1 aromatic carbocycles. The molecule has 1 aliphatic heterocycles. The molecule has 0 spiro atoms. The number of amides is 2. The molecule has 0 saturated carbocycles. The molecule has 2 N–H and O–H groups in total. The molecule has 0 radical (unpaired) electrons. The van der Waals surface area contributed by atoms with E-state index in [0.717, 1.165) is 17.0 Å². The van der Waals surface area contributed by atoms with Crippen LogP contribution in [-0.2, 0) is 19.6 Å². The number of hydrogen-bond donors (Lipinski definition) is 2. The summed E-state index contributed by atoms with van der Waals surface area (Å²) < 4.78 is 59.8. The fourth-order valence-electron chi connectivity index (χ4n) is 2.60. The van der Waals surface area contributed by atoms with Crippen LogP contribution in [0.4, 0.5) is 19.3 Å². The number of nitrogens with one attached hydrogen (secondary N) is 1. The van der Waals surface area contributed by atoms with E-state index in [1.807, 2.05) is 0 Å². The summed E-state index contributed by atoms with van der Waals surface area (Å²) in [6.45, 7) is 1.57. The van der Waals surface area contributed by atoms with Crippen molar-refractivity contribution in [2.45, 2.75) is 13.0 Å². The molecular formula is C18H19F2N3O6S. The van der Waals surface area contributed by atoms with E-state index in [4.69, 9.17) is 9.29 Å². The Bertz CT molecular complexity index is 1000. The molecule has 1 aliphatic rings. The number of hydrogen-bond acceptors (Lipinski definition) is 6. The van der Waals surface area contributed by atoms with Crippen molar-refractivity contribution in [3.63, 3.8) is 0 Å². The summed E-state index contributed by atoms with van der Waals surface area (Å²) in [7, 11) is -3.67. The van der Waals surface area contributed by atoms with Crippen molar-refractivity contribution in [1.82, 2.24) is 10.3 Å². The van der Waals surface area contributed by atoms with Crippen molar-refractivity contribution in [1.29, 1.82) is 0 Å². The molecule has 1 unspecified atom stereocenters. The van der Waals surface area contributed by atoms with Crippen LogP contribution in [0.5, 0.6) is 0 Å². The van der Waals surface area contributed by atoms with Gasteiger partial charge in [0.05, 0.1) is 30.6 Å². The summed E-state index contributed by atoms with van der Waals surface area (Å²) in [4.78, 5) is 27.8. The van der Waals surface area contributed by atoms with Crippen LogP contribution in [0, 0.1) is 11.6 Å².